The lowest BCUT2D eigenvalue weighted by Gasteiger charge is -2.12. The number of hydrogen-bond donors (Lipinski definition) is 1. The van der Waals surface area contributed by atoms with Gasteiger partial charge in [0, 0.05) is 0 Å². The van der Waals surface area contributed by atoms with Crippen LogP contribution in [-0.4, -0.2) is 17.1 Å². The van der Waals surface area contributed by atoms with Crippen LogP contribution in [0.25, 0.3) is 22.2 Å². The van der Waals surface area contributed by atoms with Crippen LogP contribution in [0.3, 0.4) is 0 Å². The molecule has 0 amide bonds. The van der Waals surface area contributed by atoms with Gasteiger partial charge in [0.1, 0.15) is 11.6 Å². The van der Waals surface area contributed by atoms with Crippen molar-refractivity contribution < 1.29 is 4.74 Å². The van der Waals surface area contributed by atoms with Crippen molar-refractivity contribution in [3.05, 3.63) is 56.0 Å². The summed E-state index contributed by atoms with van der Waals surface area (Å²) in [6, 6.07) is 11.9. The summed E-state index contributed by atoms with van der Waals surface area (Å²) in [7, 11) is 1.62. The fourth-order valence-corrected chi connectivity index (χ4v) is 2.61. The predicted molar refractivity (Wildman–Crippen MR) is 91.8 cm³/mol. The van der Waals surface area contributed by atoms with Crippen LogP contribution in [0.2, 0.25) is 0 Å². The molecule has 0 aliphatic carbocycles. The van der Waals surface area contributed by atoms with Gasteiger partial charge in [-0.2, -0.15) is 0 Å². The van der Waals surface area contributed by atoms with Crippen molar-refractivity contribution in [1.82, 2.24) is 9.97 Å². The summed E-state index contributed by atoms with van der Waals surface area (Å²) in [4.78, 5) is 19.4. The van der Waals surface area contributed by atoms with Gasteiger partial charge in [0.05, 0.1) is 21.9 Å². The van der Waals surface area contributed by atoms with Gasteiger partial charge in [0.2, 0.25) is 0 Å². The third kappa shape index (κ3) is 2.42. The molecule has 0 aliphatic heterocycles. The standard InChI is InChI=1S/C16H13IN2O2/c1-9-14(17)16(20)19-15(18-9)13-11-6-4-3-5-10(11)7-8-12(13)21-2/h3-8H,1-2H3,(H,18,19,20). The second-order valence-corrected chi connectivity index (χ2v) is 5.76. The van der Waals surface area contributed by atoms with Crippen molar-refractivity contribution in [2.45, 2.75) is 6.92 Å². The quantitative estimate of drug-likeness (QED) is 0.680. The Morgan fingerprint density at radius 2 is 1.95 bits per heavy atom. The Labute approximate surface area is 135 Å². The molecule has 1 heterocycles. The van der Waals surface area contributed by atoms with Gasteiger partial charge in [-0.25, -0.2) is 4.98 Å². The van der Waals surface area contributed by atoms with Crippen molar-refractivity contribution in [2.75, 3.05) is 7.11 Å². The Balaban J connectivity index is 2.41. The number of rotatable bonds is 2. The molecule has 4 nitrogen and oxygen atoms in total. The third-order valence-electron chi connectivity index (χ3n) is 3.38. The van der Waals surface area contributed by atoms with E-state index >= 15 is 0 Å². The minimum absolute atomic E-state index is 0.131. The molecular weight excluding hydrogens is 379 g/mol. The van der Waals surface area contributed by atoms with Crippen molar-refractivity contribution in [1.29, 1.82) is 0 Å². The molecule has 0 unspecified atom stereocenters. The largest absolute Gasteiger partial charge is 0.496 e. The topological polar surface area (TPSA) is 55.0 Å². The lowest BCUT2D eigenvalue weighted by atomic mass is 10.0. The number of H-pyrrole nitrogens is 1. The van der Waals surface area contributed by atoms with Gasteiger partial charge in [-0.1, -0.05) is 30.3 Å². The highest BCUT2D eigenvalue weighted by molar-refractivity contribution is 14.1. The second kappa shape index (κ2) is 5.48. The Hall–Kier alpha value is -1.89. The number of aromatic nitrogens is 2. The Morgan fingerprint density at radius 3 is 2.67 bits per heavy atom. The molecule has 0 aliphatic rings. The third-order valence-corrected chi connectivity index (χ3v) is 4.65. The van der Waals surface area contributed by atoms with Crippen LogP contribution in [0.15, 0.2) is 41.2 Å². The number of aryl methyl sites for hydroxylation is 1. The van der Waals surface area contributed by atoms with E-state index in [1.54, 1.807) is 7.11 Å². The molecule has 5 heteroatoms. The van der Waals surface area contributed by atoms with Crippen LogP contribution in [0.4, 0.5) is 0 Å². The zero-order valence-electron chi connectivity index (χ0n) is 11.6. The van der Waals surface area contributed by atoms with E-state index in [-0.39, 0.29) is 5.56 Å². The van der Waals surface area contributed by atoms with E-state index in [0.29, 0.717) is 20.8 Å². The molecule has 1 aromatic heterocycles. The monoisotopic (exact) mass is 392 g/mol. The maximum Gasteiger partial charge on any atom is 0.264 e. The highest BCUT2D eigenvalue weighted by atomic mass is 127. The molecule has 0 spiro atoms. The molecular formula is C16H13IN2O2. The number of halogens is 1. The first-order chi connectivity index (χ1) is 10.1. The van der Waals surface area contributed by atoms with Gasteiger partial charge in [0.15, 0.2) is 0 Å². The number of nitrogens with one attached hydrogen (secondary N) is 1. The number of benzene rings is 2. The highest BCUT2D eigenvalue weighted by Gasteiger charge is 2.14. The van der Waals surface area contributed by atoms with Crippen LogP contribution in [0.1, 0.15) is 5.69 Å². The lowest BCUT2D eigenvalue weighted by molar-refractivity contribution is 0.416. The number of aromatic amines is 1. The summed E-state index contributed by atoms with van der Waals surface area (Å²) < 4.78 is 6.06. The Bertz CT molecular complexity index is 887. The van der Waals surface area contributed by atoms with Gasteiger partial charge in [-0.15, -0.1) is 0 Å². The van der Waals surface area contributed by atoms with Crippen LogP contribution in [-0.2, 0) is 0 Å². The molecule has 0 radical (unpaired) electrons. The second-order valence-electron chi connectivity index (χ2n) is 4.68. The molecule has 0 atom stereocenters. The van der Waals surface area contributed by atoms with Crippen molar-refractivity contribution in [3.8, 4) is 17.1 Å². The zero-order chi connectivity index (χ0) is 15.0. The van der Waals surface area contributed by atoms with E-state index in [9.17, 15) is 4.79 Å². The van der Waals surface area contributed by atoms with Crippen molar-refractivity contribution >= 4 is 33.4 Å². The van der Waals surface area contributed by atoms with E-state index in [0.717, 1.165) is 16.3 Å². The molecule has 3 aromatic rings. The van der Waals surface area contributed by atoms with E-state index in [4.69, 9.17) is 4.74 Å². The molecule has 2 aromatic carbocycles. The first kappa shape index (κ1) is 14.1. The SMILES string of the molecule is COc1ccc2ccccc2c1-c1nc(C)c(I)c(=O)[nH]1. The average Bonchev–Trinajstić information content (AvgIpc) is 2.51. The fourth-order valence-electron chi connectivity index (χ4n) is 2.36. The van der Waals surface area contributed by atoms with Crippen LogP contribution >= 0.6 is 22.6 Å². The Kier molecular flexibility index (Phi) is 3.67. The first-order valence-electron chi connectivity index (χ1n) is 6.44. The number of fused-ring (bicyclic) bond motifs is 1. The highest BCUT2D eigenvalue weighted by Crippen LogP contribution is 2.34. The van der Waals surface area contributed by atoms with Crippen LogP contribution in [0, 0.1) is 10.5 Å². The summed E-state index contributed by atoms with van der Waals surface area (Å²) in [5.41, 5.74) is 1.39. The molecule has 21 heavy (non-hydrogen) atoms. The summed E-state index contributed by atoms with van der Waals surface area (Å²) in [5, 5.41) is 2.08. The summed E-state index contributed by atoms with van der Waals surface area (Å²) in [6.07, 6.45) is 0. The summed E-state index contributed by atoms with van der Waals surface area (Å²) >= 11 is 2.00. The lowest BCUT2D eigenvalue weighted by Crippen LogP contribution is -2.14. The van der Waals surface area contributed by atoms with Gasteiger partial charge < -0.3 is 9.72 Å². The molecule has 0 fully saturated rings. The maximum atomic E-state index is 12.0. The Morgan fingerprint density at radius 1 is 1.19 bits per heavy atom. The zero-order valence-corrected chi connectivity index (χ0v) is 13.8. The van der Waals surface area contributed by atoms with Crippen molar-refractivity contribution in [3.63, 3.8) is 0 Å². The molecule has 0 saturated heterocycles. The van der Waals surface area contributed by atoms with E-state index in [2.05, 4.69) is 9.97 Å². The van der Waals surface area contributed by atoms with Gasteiger partial charge in [0.25, 0.3) is 5.56 Å². The minimum atomic E-state index is -0.131. The maximum absolute atomic E-state index is 12.0. The summed E-state index contributed by atoms with van der Waals surface area (Å²) in [6.45, 7) is 1.83. The molecule has 1 N–H and O–H groups in total. The minimum Gasteiger partial charge on any atom is -0.496 e. The summed E-state index contributed by atoms with van der Waals surface area (Å²) in [5.74, 6) is 1.23. The smallest absolute Gasteiger partial charge is 0.264 e. The van der Waals surface area contributed by atoms with Crippen molar-refractivity contribution in [2.24, 2.45) is 0 Å². The number of methoxy groups -OCH3 is 1. The van der Waals surface area contributed by atoms with E-state index in [1.807, 2.05) is 65.9 Å². The van der Waals surface area contributed by atoms with Gasteiger partial charge >= 0.3 is 0 Å². The van der Waals surface area contributed by atoms with Gasteiger partial charge in [-0.05, 0) is 46.4 Å². The number of hydrogen-bond acceptors (Lipinski definition) is 3. The molecule has 0 bridgehead atoms. The molecule has 106 valence electrons. The van der Waals surface area contributed by atoms with Gasteiger partial charge in [-0.3, -0.25) is 4.79 Å². The number of nitrogens with zero attached hydrogens (tertiary/aromatic N) is 1. The number of ether oxygens (including phenoxy) is 1. The average molecular weight is 392 g/mol. The fraction of sp³-hybridized carbons (Fsp3) is 0.125. The van der Waals surface area contributed by atoms with E-state index < -0.39 is 0 Å². The molecule has 0 saturated carbocycles. The normalized spacial score (nSPS) is 10.8. The molecule has 3 rings (SSSR count). The van der Waals surface area contributed by atoms with Crippen LogP contribution in [0.5, 0.6) is 5.75 Å². The van der Waals surface area contributed by atoms with E-state index in [1.165, 1.54) is 0 Å². The first-order valence-corrected chi connectivity index (χ1v) is 7.52. The predicted octanol–water partition coefficient (Wildman–Crippen LogP) is 3.51. The van der Waals surface area contributed by atoms with Crippen LogP contribution < -0.4 is 10.3 Å².